The molecule has 2 rings (SSSR count). The van der Waals surface area contributed by atoms with Crippen LogP contribution in [-0.4, -0.2) is 29.3 Å². The van der Waals surface area contributed by atoms with E-state index in [0.29, 0.717) is 5.02 Å². The number of aromatic nitrogens is 1. The van der Waals surface area contributed by atoms with Gasteiger partial charge in [0.1, 0.15) is 5.82 Å². The Morgan fingerprint density at radius 1 is 1.50 bits per heavy atom. The first-order valence-corrected chi connectivity index (χ1v) is 5.10. The van der Waals surface area contributed by atoms with Gasteiger partial charge in [-0.15, -0.1) is 0 Å². The summed E-state index contributed by atoms with van der Waals surface area (Å²) in [4.78, 5) is 6.30. The number of hydrogen-bond donors (Lipinski definition) is 1. The lowest BCUT2D eigenvalue weighted by Gasteiger charge is -2.30. The number of piperidine rings is 1. The maximum absolute atomic E-state index is 9.36. The normalized spacial score (nSPS) is 18.6. The summed E-state index contributed by atoms with van der Waals surface area (Å²) in [7, 11) is 0. The number of anilines is 1. The van der Waals surface area contributed by atoms with E-state index in [0.717, 1.165) is 31.7 Å². The molecule has 1 N–H and O–H groups in total. The summed E-state index contributed by atoms with van der Waals surface area (Å²) in [6, 6.07) is 4.61. The fourth-order valence-corrected chi connectivity index (χ4v) is 1.87. The van der Waals surface area contributed by atoms with E-state index in [1.54, 1.807) is 12.3 Å². The topological polar surface area (TPSA) is 36.4 Å². The Kier molecular flexibility index (Phi) is 2.89. The molecule has 75 valence electrons. The number of hydrogen-bond acceptors (Lipinski definition) is 3. The monoisotopic (exact) mass is 211 g/mol. The molecule has 1 aromatic rings. The molecular weight excluding hydrogens is 200 g/mol. The summed E-state index contributed by atoms with van der Waals surface area (Å²) in [6.07, 6.45) is 3.09. The van der Waals surface area contributed by atoms with Crippen molar-refractivity contribution in [3.05, 3.63) is 23.4 Å². The number of halogens is 1. The molecule has 0 atom stereocenters. The van der Waals surface area contributed by atoms with Gasteiger partial charge in [0.15, 0.2) is 0 Å². The zero-order chi connectivity index (χ0) is 9.97. The molecule has 0 unspecified atom stereocenters. The molecule has 3 nitrogen and oxygen atoms in total. The van der Waals surface area contributed by atoms with Gasteiger partial charge in [-0.2, -0.15) is 0 Å². The van der Waals surface area contributed by atoms with Crippen molar-refractivity contribution in [1.29, 1.82) is 0 Å². The van der Waals surface area contributed by atoms with E-state index >= 15 is 0 Å². The van der Waals surface area contributed by atoms with Crippen molar-refractivity contribution in [3.8, 4) is 0 Å². The van der Waals surface area contributed by atoms with Crippen LogP contribution in [0.1, 0.15) is 12.8 Å². The molecule has 0 aliphatic carbocycles. The van der Waals surface area contributed by atoms with Gasteiger partial charge in [-0.05, 0) is 18.9 Å². The third-order valence-electron chi connectivity index (χ3n) is 2.44. The highest BCUT2D eigenvalue weighted by Crippen LogP contribution is 2.24. The van der Waals surface area contributed by atoms with E-state index in [9.17, 15) is 5.11 Å². The van der Waals surface area contributed by atoms with Gasteiger partial charge < -0.3 is 10.0 Å². The van der Waals surface area contributed by atoms with Crippen molar-refractivity contribution in [2.75, 3.05) is 18.0 Å². The van der Waals surface area contributed by atoms with Gasteiger partial charge in [0.05, 0.1) is 11.1 Å². The second-order valence-electron chi connectivity index (χ2n) is 3.44. The van der Waals surface area contributed by atoms with Crippen LogP contribution in [0.15, 0.2) is 12.3 Å². The predicted molar refractivity (Wildman–Crippen MR) is 55.5 cm³/mol. The van der Waals surface area contributed by atoms with Gasteiger partial charge in [-0.25, -0.2) is 4.98 Å². The van der Waals surface area contributed by atoms with Crippen LogP contribution in [0.3, 0.4) is 0 Å². The minimum Gasteiger partial charge on any atom is -0.393 e. The SMILES string of the molecule is OC1CCN(c2ncc[c]c2Cl)CC1. The molecule has 0 bridgehead atoms. The summed E-state index contributed by atoms with van der Waals surface area (Å²) in [5, 5.41) is 9.91. The summed E-state index contributed by atoms with van der Waals surface area (Å²) in [5.41, 5.74) is 0. The highest BCUT2D eigenvalue weighted by molar-refractivity contribution is 6.32. The maximum Gasteiger partial charge on any atom is 0.147 e. The van der Waals surface area contributed by atoms with Crippen LogP contribution in [-0.2, 0) is 0 Å². The van der Waals surface area contributed by atoms with Gasteiger partial charge in [0.25, 0.3) is 0 Å². The lowest BCUT2D eigenvalue weighted by molar-refractivity contribution is 0.145. The van der Waals surface area contributed by atoms with Crippen LogP contribution in [0.25, 0.3) is 0 Å². The summed E-state index contributed by atoms with van der Waals surface area (Å²) >= 11 is 5.97. The zero-order valence-corrected chi connectivity index (χ0v) is 8.54. The van der Waals surface area contributed by atoms with Crippen molar-refractivity contribution < 1.29 is 5.11 Å². The molecule has 0 saturated carbocycles. The Bertz CT molecular complexity index is 311. The van der Waals surface area contributed by atoms with Crippen LogP contribution in [0.5, 0.6) is 0 Å². The molecular formula is C10H12ClN2O. The van der Waals surface area contributed by atoms with E-state index in [4.69, 9.17) is 11.6 Å². The Hall–Kier alpha value is -0.800. The molecule has 2 heterocycles. The summed E-state index contributed by atoms with van der Waals surface area (Å²) in [6.45, 7) is 1.62. The largest absolute Gasteiger partial charge is 0.393 e. The summed E-state index contributed by atoms with van der Waals surface area (Å²) in [5.74, 6) is 0.779. The maximum atomic E-state index is 9.36. The fraction of sp³-hybridized carbons (Fsp3) is 0.500. The third-order valence-corrected chi connectivity index (χ3v) is 2.72. The van der Waals surface area contributed by atoms with Crippen LogP contribution in [0.4, 0.5) is 5.82 Å². The van der Waals surface area contributed by atoms with Crippen LogP contribution < -0.4 is 4.90 Å². The molecule has 1 aliphatic heterocycles. The predicted octanol–water partition coefficient (Wildman–Crippen LogP) is 1.50. The standard InChI is InChI=1S/C10H12ClN2O/c11-9-2-1-5-12-10(9)13-6-3-8(14)4-7-13/h1,5,8,14H,3-4,6-7H2. The first kappa shape index (κ1) is 9.74. The van der Waals surface area contributed by atoms with E-state index in [1.165, 1.54) is 0 Å². The molecule has 4 heteroatoms. The van der Waals surface area contributed by atoms with E-state index in [1.807, 2.05) is 0 Å². The molecule has 1 saturated heterocycles. The highest BCUT2D eigenvalue weighted by atomic mass is 35.5. The minimum atomic E-state index is -0.169. The first-order valence-electron chi connectivity index (χ1n) is 4.72. The molecule has 0 aromatic carbocycles. The molecule has 0 amide bonds. The van der Waals surface area contributed by atoms with Crippen LogP contribution in [0.2, 0.25) is 5.02 Å². The fourth-order valence-electron chi connectivity index (χ4n) is 1.64. The lowest BCUT2D eigenvalue weighted by atomic mass is 10.1. The van der Waals surface area contributed by atoms with E-state index in [-0.39, 0.29) is 6.10 Å². The van der Waals surface area contributed by atoms with Crippen molar-refractivity contribution in [3.63, 3.8) is 0 Å². The smallest absolute Gasteiger partial charge is 0.147 e. The third kappa shape index (κ3) is 1.99. The number of pyridine rings is 1. The quantitative estimate of drug-likeness (QED) is 0.765. The zero-order valence-electron chi connectivity index (χ0n) is 7.78. The van der Waals surface area contributed by atoms with Gasteiger partial charge in [-0.3, -0.25) is 0 Å². The second-order valence-corrected chi connectivity index (χ2v) is 3.82. The van der Waals surface area contributed by atoms with Gasteiger partial charge >= 0.3 is 0 Å². The van der Waals surface area contributed by atoms with Crippen molar-refractivity contribution >= 4 is 17.4 Å². The highest BCUT2D eigenvalue weighted by Gasteiger charge is 2.19. The van der Waals surface area contributed by atoms with E-state index < -0.39 is 0 Å². The van der Waals surface area contributed by atoms with Crippen LogP contribution >= 0.6 is 11.6 Å². The van der Waals surface area contributed by atoms with Gasteiger partial charge in [0, 0.05) is 25.4 Å². The second kappa shape index (κ2) is 4.15. The average Bonchev–Trinajstić information content (AvgIpc) is 2.20. The molecule has 1 aromatic heterocycles. The van der Waals surface area contributed by atoms with Crippen molar-refractivity contribution in [2.24, 2.45) is 0 Å². The Labute approximate surface area is 88.3 Å². The summed E-state index contributed by atoms with van der Waals surface area (Å²) < 4.78 is 0. The number of nitrogens with zero attached hydrogens (tertiary/aromatic N) is 2. The van der Waals surface area contributed by atoms with Gasteiger partial charge in [0.2, 0.25) is 0 Å². The molecule has 0 spiro atoms. The minimum absolute atomic E-state index is 0.169. The average molecular weight is 212 g/mol. The number of rotatable bonds is 1. The van der Waals surface area contributed by atoms with E-state index in [2.05, 4.69) is 16.0 Å². The molecule has 1 radical (unpaired) electrons. The Morgan fingerprint density at radius 3 is 2.86 bits per heavy atom. The lowest BCUT2D eigenvalue weighted by Crippen LogP contribution is -2.36. The Morgan fingerprint density at radius 2 is 2.21 bits per heavy atom. The number of aliphatic hydroxyl groups is 1. The van der Waals surface area contributed by atoms with Crippen LogP contribution in [0, 0.1) is 6.07 Å². The number of aliphatic hydroxyl groups excluding tert-OH is 1. The van der Waals surface area contributed by atoms with Crippen molar-refractivity contribution in [1.82, 2.24) is 4.98 Å². The Balaban J connectivity index is 2.12. The molecule has 1 fully saturated rings. The molecule has 1 aliphatic rings. The molecule has 14 heavy (non-hydrogen) atoms. The van der Waals surface area contributed by atoms with Crippen molar-refractivity contribution in [2.45, 2.75) is 18.9 Å². The first-order chi connectivity index (χ1) is 6.77. The van der Waals surface area contributed by atoms with Gasteiger partial charge in [-0.1, -0.05) is 11.6 Å².